The van der Waals surface area contributed by atoms with E-state index in [2.05, 4.69) is 5.32 Å². The Labute approximate surface area is 144 Å². The van der Waals surface area contributed by atoms with Crippen LogP contribution in [0, 0.1) is 12.7 Å². The van der Waals surface area contributed by atoms with E-state index in [1.165, 1.54) is 12.1 Å². The van der Waals surface area contributed by atoms with Gasteiger partial charge < -0.3 is 9.73 Å². The van der Waals surface area contributed by atoms with Crippen LogP contribution in [0.3, 0.4) is 0 Å². The zero-order chi connectivity index (χ0) is 17.1. The predicted octanol–water partition coefficient (Wildman–Crippen LogP) is 4.98. The van der Waals surface area contributed by atoms with Crippen LogP contribution in [-0.2, 0) is 6.54 Å². The summed E-state index contributed by atoms with van der Waals surface area (Å²) in [5, 5.41) is 3.43. The summed E-state index contributed by atoms with van der Waals surface area (Å²) in [6.45, 7) is 2.05. The number of halogens is 2. The molecule has 0 radical (unpaired) electrons. The molecule has 122 valence electrons. The zero-order valence-electron chi connectivity index (χ0n) is 13.0. The van der Waals surface area contributed by atoms with Gasteiger partial charge in [-0.25, -0.2) is 4.39 Å². The molecule has 0 bridgehead atoms. The number of aryl methyl sites for hydroxylation is 1. The molecule has 0 saturated carbocycles. The van der Waals surface area contributed by atoms with E-state index in [4.69, 9.17) is 16.0 Å². The first-order chi connectivity index (χ1) is 11.5. The first kappa shape index (κ1) is 16.3. The Morgan fingerprint density at radius 3 is 2.58 bits per heavy atom. The van der Waals surface area contributed by atoms with Crippen LogP contribution in [0.4, 0.5) is 4.39 Å². The molecule has 0 saturated heterocycles. The van der Waals surface area contributed by atoms with E-state index in [1.54, 1.807) is 31.2 Å². The van der Waals surface area contributed by atoms with Gasteiger partial charge in [0.1, 0.15) is 17.3 Å². The van der Waals surface area contributed by atoms with E-state index in [0.29, 0.717) is 34.2 Å². The molecule has 0 unspecified atom stereocenters. The van der Waals surface area contributed by atoms with E-state index in [1.807, 2.05) is 18.2 Å². The van der Waals surface area contributed by atoms with Crippen molar-refractivity contribution in [3.8, 4) is 11.3 Å². The maximum absolute atomic E-state index is 13.0. The van der Waals surface area contributed by atoms with Gasteiger partial charge in [-0.2, -0.15) is 0 Å². The highest BCUT2D eigenvalue weighted by Crippen LogP contribution is 2.25. The number of carbonyl (C=O) groups is 1. The lowest BCUT2D eigenvalue weighted by Gasteiger charge is -2.06. The topological polar surface area (TPSA) is 42.2 Å². The van der Waals surface area contributed by atoms with Crippen molar-refractivity contribution in [3.63, 3.8) is 0 Å². The molecule has 0 aliphatic rings. The third kappa shape index (κ3) is 3.49. The molecule has 0 aliphatic carbocycles. The van der Waals surface area contributed by atoms with Gasteiger partial charge in [0, 0.05) is 17.1 Å². The molecule has 5 heteroatoms. The molecule has 1 aromatic heterocycles. The van der Waals surface area contributed by atoms with Crippen molar-refractivity contribution in [1.82, 2.24) is 5.32 Å². The summed E-state index contributed by atoms with van der Waals surface area (Å²) in [7, 11) is 0. The summed E-state index contributed by atoms with van der Waals surface area (Å²) in [6.07, 6.45) is 0. The second-order valence-electron chi connectivity index (χ2n) is 5.36. The minimum atomic E-state index is -0.320. The molecule has 24 heavy (non-hydrogen) atoms. The van der Waals surface area contributed by atoms with E-state index >= 15 is 0 Å². The smallest absolute Gasteiger partial charge is 0.255 e. The maximum atomic E-state index is 13.0. The highest BCUT2D eigenvalue weighted by Gasteiger charge is 2.16. The molecule has 0 aliphatic heterocycles. The molecule has 0 spiro atoms. The largest absolute Gasteiger partial charge is 0.461 e. The molecule has 1 N–H and O–H groups in total. The van der Waals surface area contributed by atoms with Gasteiger partial charge in [0.25, 0.3) is 5.91 Å². The van der Waals surface area contributed by atoms with Crippen LogP contribution in [-0.4, -0.2) is 5.91 Å². The Hall–Kier alpha value is -2.59. The highest BCUT2D eigenvalue weighted by molar-refractivity contribution is 6.31. The fourth-order valence-corrected chi connectivity index (χ4v) is 2.58. The summed E-state index contributed by atoms with van der Waals surface area (Å²) in [5.41, 5.74) is 2.00. The maximum Gasteiger partial charge on any atom is 0.255 e. The molecule has 3 aromatic rings. The van der Waals surface area contributed by atoms with Gasteiger partial charge in [-0.15, -0.1) is 0 Å². The highest BCUT2D eigenvalue weighted by atomic mass is 35.5. The molecule has 3 rings (SSSR count). The third-order valence-corrected chi connectivity index (χ3v) is 4.06. The van der Waals surface area contributed by atoms with Crippen LogP contribution in [0.25, 0.3) is 11.3 Å². The summed E-state index contributed by atoms with van der Waals surface area (Å²) < 4.78 is 18.6. The number of furan rings is 1. The Kier molecular flexibility index (Phi) is 4.67. The van der Waals surface area contributed by atoms with Crippen LogP contribution in [0.2, 0.25) is 5.02 Å². The summed E-state index contributed by atoms with van der Waals surface area (Å²) in [4.78, 5) is 12.4. The Balaban J connectivity index is 1.76. The normalized spacial score (nSPS) is 10.6. The molecule has 2 aromatic carbocycles. The quantitative estimate of drug-likeness (QED) is 0.726. The second kappa shape index (κ2) is 6.89. The molecule has 3 nitrogen and oxygen atoms in total. The number of nitrogens with one attached hydrogen (secondary N) is 1. The van der Waals surface area contributed by atoms with E-state index in [-0.39, 0.29) is 11.7 Å². The number of benzene rings is 2. The summed E-state index contributed by atoms with van der Waals surface area (Å²) in [6, 6.07) is 14.9. The van der Waals surface area contributed by atoms with E-state index < -0.39 is 0 Å². The Morgan fingerprint density at radius 1 is 1.17 bits per heavy atom. The first-order valence-electron chi connectivity index (χ1n) is 7.42. The predicted molar refractivity (Wildman–Crippen MR) is 91.5 cm³/mol. The zero-order valence-corrected chi connectivity index (χ0v) is 13.7. The van der Waals surface area contributed by atoms with Crippen molar-refractivity contribution in [3.05, 3.63) is 82.3 Å². The van der Waals surface area contributed by atoms with Gasteiger partial charge >= 0.3 is 0 Å². The molecule has 1 amide bonds. The monoisotopic (exact) mass is 343 g/mol. The van der Waals surface area contributed by atoms with Gasteiger partial charge in [0.15, 0.2) is 0 Å². The number of rotatable bonds is 4. The average Bonchev–Trinajstić information content (AvgIpc) is 2.96. The van der Waals surface area contributed by atoms with Crippen LogP contribution in [0.1, 0.15) is 21.7 Å². The summed E-state index contributed by atoms with van der Waals surface area (Å²) >= 11 is 6.08. The SMILES string of the molecule is Cc1oc(-c2ccc(F)cc2)cc1C(=O)NCc1ccccc1Cl. The number of amides is 1. The Morgan fingerprint density at radius 2 is 1.88 bits per heavy atom. The average molecular weight is 344 g/mol. The molecule has 0 fully saturated rings. The molecular formula is C19H15ClFNO2. The van der Waals surface area contributed by atoms with Crippen molar-refractivity contribution in [2.24, 2.45) is 0 Å². The molecule has 1 heterocycles. The van der Waals surface area contributed by atoms with E-state index in [9.17, 15) is 9.18 Å². The summed E-state index contributed by atoms with van der Waals surface area (Å²) in [5.74, 6) is 0.464. The number of hydrogen-bond donors (Lipinski definition) is 1. The van der Waals surface area contributed by atoms with Gasteiger partial charge in [0.2, 0.25) is 0 Å². The van der Waals surface area contributed by atoms with Crippen molar-refractivity contribution in [2.45, 2.75) is 13.5 Å². The Bertz CT molecular complexity index is 871. The van der Waals surface area contributed by atoms with Crippen LogP contribution >= 0.6 is 11.6 Å². The van der Waals surface area contributed by atoms with Gasteiger partial charge in [-0.3, -0.25) is 4.79 Å². The van der Waals surface area contributed by atoms with Gasteiger partial charge in [-0.05, 0) is 48.9 Å². The lowest BCUT2D eigenvalue weighted by atomic mass is 10.1. The third-order valence-electron chi connectivity index (χ3n) is 3.69. The number of carbonyl (C=O) groups excluding carboxylic acids is 1. The molecule has 0 atom stereocenters. The lowest BCUT2D eigenvalue weighted by molar-refractivity contribution is 0.0949. The first-order valence-corrected chi connectivity index (χ1v) is 7.80. The van der Waals surface area contributed by atoms with Crippen molar-refractivity contribution in [1.29, 1.82) is 0 Å². The van der Waals surface area contributed by atoms with Crippen LogP contribution in [0.5, 0.6) is 0 Å². The van der Waals surface area contributed by atoms with Crippen molar-refractivity contribution < 1.29 is 13.6 Å². The fourth-order valence-electron chi connectivity index (χ4n) is 2.38. The van der Waals surface area contributed by atoms with E-state index in [0.717, 1.165) is 5.56 Å². The van der Waals surface area contributed by atoms with Crippen molar-refractivity contribution in [2.75, 3.05) is 0 Å². The fraction of sp³-hybridized carbons (Fsp3) is 0.105. The van der Waals surface area contributed by atoms with Crippen LogP contribution < -0.4 is 5.32 Å². The lowest BCUT2D eigenvalue weighted by Crippen LogP contribution is -2.23. The van der Waals surface area contributed by atoms with Crippen molar-refractivity contribution >= 4 is 17.5 Å². The van der Waals surface area contributed by atoms with Crippen LogP contribution in [0.15, 0.2) is 59.0 Å². The molecular weight excluding hydrogens is 329 g/mol. The second-order valence-corrected chi connectivity index (χ2v) is 5.77. The number of hydrogen-bond acceptors (Lipinski definition) is 2. The standard InChI is InChI=1S/C19H15ClFNO2/c1-12-16(10-18(24-12)13-6-8-15(21)9-7-13)19(23)22-11-14-4-2-3-5-17(14)20/h2-10H,11H2,1H3,(H,22,23). The minimum absolute atomic E-state index is 0.246. The van der Waals surface area contributed by atoms with Gasteiger partial charge in [0.05, 0.1) is 5.56 Å². The minimum Gasteiger partial charge on any atom is -0.461 e. The van der Waals surface area contributed by atoms with Gasteiger partial charge in [-0.1, -0.05) is 29.8 Å².